The summed E-state index contributed by atoms with van der Waals surface area (Å²) in [5.41, 5.74) is 0.439. The van der Waals surface area contributed by atoms with Gasteiger partial charge in [0.25, 0.3) is 0 Å². The van der Waals surface area contributed by atoms with E-state index in [4.69, 9.17) is 5.11 Å². The van der Waals surface area contributed by atoms with Crippen molar-refractivity contribution < 1.29 is 27.9 Å². The molecule has 0 spiro atoms. The van der Waals surface area contributed by atoms with Gasteiger partial charge in [-0.15, -0.1) is 0 Å². The van der Waals surface area contributed by atoms with Gasteiger partial charge in [-0.3, -0.25) is 19.3 Å². The molecule has 0 saturated carbocycles. The standard InChI is InChI=1S/C11H14N2O6S/c1-2-19-11(16)7-20(17,18)13-9-4-3-8(12-6-9)5-10(14)15/h3-4,6,13H,2,5,7H2,1H3,(H,14,15). The number of rotatable bonds is 7. The highest BCUT2D eigenvalue weighted by molar-refractivity contribution is 7.93. The van der Waals surface area contributed by atoms with Gasteiger partial charge in [-0.05, 0) is 19.1 Å². The van der Waals surface area contributed by atoms with Gasteiger partial charge in [0.1, 0.15) is 0 Å². The summed E-state index contributed by atoms with van der Waals surface area (Å²) in [5.74, 6) is -2.68. The molecule has 0 amide bonds. The predicted molar refractivity (Wildman–Crippen MR) is 69.6 cm³/mol. The van der Waals surface area contributed by atoms with E-state index >= 15 is 0 Å². The molecule has 0 aromatic carbocycles. The average Bonchev–Trinajstić information content (AvgIpc) is 2.30. The first-order valence-corrected chi connectivity index (χ1v) is 7.30. The molecule has 9 heteroatoms. The monoisotopic (exact) mass is 302 g/mol. The molecule has 0 atom stereocenters. The number of anilines is 1. The van der Waals surface area contributed by atoms with Crippen LogP contribution < -0.4 is 4.72 Å². The Morgan fingerprint density at radius 2 is 2.10 bits per heavy atom. The molecule has 8 nitrogen and oxygen atoms in total. The van der Waals surface area contributed by atoms with Crippen molar-refractivity contribution in [3.05, 3.63) is 24.0 Å². The van der Waals surface area contributed by atoms with Crippen molar-refractivity contribution in [2.24, 2.45) is 0 Å². The molecule has 0 radical (unpaired) electrons. The first-order chi connectivity index (χ1) is 9.32. The van der Waals surface area contributed by atoms with Gasteiger partial charge in [-0.1, -0.05) is 0 Å². The topological polar surface area (TPSA) is 123 Å². The van der Waals surface area contributed by atoms with E-state index in [1.165, 1.54) is 18.3 Å². The second kappa shape index (κ2) is 6.85. The fraction of sp³-hybridized carbons (Fsp3) is 0.364. The highest BCUT2D eigenvalue weighted by Gasteiger charge is 2.17. The number of hydrogen-bond acceptors (Lipinski definition) is 6. The minimum Gasteiger partial charge on any atom is -0.481 e. The maximum atomic E-state index is 11.6. The number of nitrogens with zero attached hydrogens (tertiary/aromatic N) is 1. The molecule has 20 heavy (non-hydrogen) atoms. The number of carboxylic acids is 1. The van der Waals surface area contributed by atoms with Gasteiger partial charge in [0.2, 0.25) is 10.0 Å². The molecule has 0 unspecified atom stereocenters. The number of aromatic nitrogens is 1. The number of sulfonamides is 1. The van der Waals surface area contributed by atoms with E-state index in [0.29, 0.717) is 5.69 Å². The molecule has 0 fully saturated rings. The fourth-order valence-corrected chi connectivity index (χ4v) is 2.26. The van der Waals surface area contributed by atoms with Crippen molar-refractivity contribution in [2.75, 3.05) is 17.1 Å². The number of ether oxygens (including phenoxy) is 1. The maximum Gasteiger partial charge on any atom is 0.323 e. The summed E-state index contributed by atoms with van der Waals surface area (Å²) < 4.78 is 29.9. The van der Waals surface area contributed by atoms with Crippen LogP contribution in [0.1, 0.15) is 12.6 Å². The van der Waals surface area contributed by atoms with E-state index in [9.17, 15) is 18.0 Å². The third-order valence-corrected chi connectivity index (χ3v) is 3.21. The number of aliphatic carboxylic acids is 1. The lowest BCUT2D eigenvalue weighted by Crippen LogP contribution is -2.24. The minimum absolute atomic E-state index is 0.0970. The van der Waals surface area contributed by atoms with Gasteiger partial charge >= 0.3 is 11.9 Å². The zero-order valence-corrected chi connectivity index (χ0v) is 11.5. The summed E-state index contributed by atoms with van der Waals surface area (Å²) in [6, 6.07) is 2.75. The van der Waals surface area contributed by atoms with E-state index in [-0.39, 0.29) is 18.7 Å². The highest BCUT2D eigenvalue weighted by Crippen LogP contribution is 2.09. The van der Waals surface area contributed by atoms with Crippen LogP contribution in [-0.4, -0.2) is 42.8 Å². The largest absolute Gasteiger partial charge is 0.481 e. The minimum atomic E-state index is -3.87. The van der Waals surface area contributed by atoms with Crippen LogP contribution in [0.2, 0.25) is 0 Å². The fourth-order valence-electron chi connectivity index (χ4n) is 1.32. The van der Waals surface area contributed by atoms with Crippen molar-refractivity contribution in [1.29, 1.82) is 0 Å². The first kappa shape index (κ1) is 15.9. The number of carbonyl (C=O) groups is 2. The van der Waals surface area contributed by atoms with Gasteiger partial charge in [0.15, 0.2) is 5.75 Å². The molecule has 0 aliphatic heterocycles. The second-order valence-electron chi connectivity index (χ2n) is 3.77. The summed E-state index contributed by atoms with van der Waals surface area (Å²) in [7, 11) is -3.87. The normalized spacial score (nSPS) is 10.8. The van der Waals surface area contributed by atoms with Crippen molar-refractivity contribution in [3.8, 4) is 0 Å². The van der Waals surface area contributed by atoms with Gasteiger partial charge in [-0.2, -0.15) is 0 Å². The number of carboxylic acid groups (broad SMARTS) is 1. The summed E-state index contributed by atoms with van der Waals surface area (Å²) >= 11 is 0. The van der Waals surface area contributed by atoms with E-state index in [0.717, 1.165) is 0 Å². The number of esters is 1. The molecule has 0 saturated heterocycles. The molecule has 0 aliphatic carbocycles. The summed E-state index contributed by atoms with van der Waals surface area (Å²) in [6.07, 6.45) is 0.927. The summed E-state index contributed by atoms with van der Waals surface area (Å²) in [6.45, 7) is 1.67. The van der Waals surface area contributed by atoms with Crippen molar-refractivity contribution >= 4 is 27.6 Å². The third-order valence-electron chi connectivity index (χ3n) is 2.04. The molecule has 2 N–H and O–H groups in total. The predicted octanol–water partition coefficient (Wildman–Crippen LogP) is 0.0135. The van der Waals surface area contributed by atoms with E-state index < -0.39 is 27.7 Å². The molecular formula is C11H14N2O6S. The van der Waals surface area contributed by atoms with Crippen LogP contribution in [0.5, 0.6) is 0 Å². The first-order valence-electron chi connectivity index (χ1n) is 5.65. The Bertz CT molecular complexity index is 581. The van der Waals surface area contributed by atoms with Crippen LogP contribution in [0.15, 0.2) is 18.3 Å². The average molecular weight is 302 g/mol. The quantitative estimate of drug-likeness (QED) is 0.680. The molecule has 1 aromatic rings. The van der Waals surface area contributed by atoms with Gasteiger partial charge in [0.05, 0.1) is 30.6 Å². The van der Waals surface area contributed by atoms with Crippen LogP contribution >= 0.6 is 0 Å². The van der Waals surface area contributed by atoms with Crippen molar-refractivity contribution in [2.45, 2.75) is 13.3 Å². The van der Waals surface area contributed by atoms with Gasteiger partial charge < -0.3 is 9.84 Å². The smallest absolute Gasteiger partial charge is 0.323 e. The zero-order valence-electron chi connectivity index (χ0n) is 10.7. The van der Waals surface area contributed by atoms with Crippen LogP contribution in [0.4, 0.5) is 5.69 Å². The Labute approximate surface area is 115 Å². The zero-order chi connectivity index (χ0) is 15.2. The molecular weight excluding hydrogens is 288 g/mol. The second-order valence-corrected chi connectivity index (χ2v) is 5.50. The lowest BCUT2D eigenvalue weighted by atomic mass is 10.3. The molecule has 1 aromatic heterocycles. The third kappa shape index (κ3) is 5.65. The lowest BCUT2D eigenvalue weighted by Gasteiger charge is -2.07. The molecule has 1 rings (SSSR count). The number of carbonyl (C=O) groups excluding carboxylic acids is 1. The highest BCUT2D eigenvalue weighted by atomic mass is 32.2. The van der Waals surface area contributed by atoms with E-state index in [1.54, 1.807) is 6.92 Å². The molecule has 110 valence electrons. The maximum absolute atomic E-state index is 11.6. The number of pyridine rings is 1. The van der Waals surface area contributed by atoms with Crippen LogP contribution in [0, 0.1) is 0 Å². The SMILES string of the molecule is CCOC(=O)CS(=O)(=O)Nc1ccc(CC(=O)O)nc1. The number of hydrogen-bond donors (Lipinski definition) is 2. The molecule has 0 aliphatic rings. The number of nitrogens with one attached hydrogen (secondary N) is 1. The van der Waals surface area contributed by atoms with Crippen LogP contribution in [-0.2, 0) is 30.8 Å². The Balaban J connectivity index is 2.68. The van der Waals surface area contributed by atoms with Gasteiger partial charge in [-0.25, -0.2) is 8.42 Å². The molecule has 1 heterocycles. The van der Waals surface area contributed by atoms with Crippen LogP contribution in [0.25, 0.3) is 0 Å². The Hall–Kier alpha value is -2.16. The van der Waals surface area contributed by atoms with Crippen LogP contribution in [0.3, 0.4) is 0 Å². The van der Waals surface area contributed by atoms with Gasteiger partial charge in [0, 0.05) is 0 Å². The Morgan fingerprint density at radius 1 is 1.40 bits per heavy atom. The van der Waals surface area contributed by atoms with E-state index in [2.05, 4.69) is 14.4 Å². The van der Waals surface area contributed by atoms with Crippen molar-refractivity contribution in [3.63, 3.8) is 0 Å². The molecule has 0 bridgehead atoms. The Morgan fingerprint density at radius 3 is 2.60 bits per heavy atom. The van der Waals surface area contributed by atoms with E-state index in [1.807, 2.05) is 0 Å². The van der Waals surface area contributed by atoms with Crippen molar-refractivity contribution in [1.82, 2.24) is 4.98 Å². The summed E-state index contributed by atoms with van der Waals surface area (Å²) in [5, 5.41) is 8.57. The Kier molecular flexibility index (Phi) is 5.44. The summed E-state index contributed by atoms with van der Waals surface area (Å²) in [4.78, 5) is 25.4. The lowest BCUT2D eigenvalue weighted by molar-refractivity contribution is -0.140.